The molecule has 0 saturated heterocycles. The number of hydrogen-bond acceptors (Lipinski definition) is 3. The summed E-state index contributed by atoms with van der Waals surface area (Å²) in [6.45, 7) is 2.22. The summed E-state index contributed by atoms with van der Waals surface area (Å²) < 4.78 is 16.2. The average Bonchev–Trinajstić information content (AvgIpc) is 3.27. The van der Waals surface area contributed by atoms with E-state index < -0.39 is 0 Å². The predicted octanol–water partition coefficient (Wildman–Crippen LogP) is 5.66. The molecule has 0 radical (unpaired) electrons. The van der Waals surface area contributed by atoms with E-state index in [1.54, 1.807) is 23.5 Å². The van der Waals surface area contributed by atoms with Gasteiger partial charge in [-0.3, -0.25) is 9.20 Å². The van der Waals surface area contributed by atoms with E-state index in [1.165, 1.54) is 31.4 Å². The summed E-state index contributed by atoms with van der Waals surface area (Å²) in [5.74, 6) is 0.281. The van der Waals surface area contributed by atoms with E-state index in [9.17, 15) is 9.18 Å². The minimum atomic E-state index is -0.256. The van der Waals surface area contributed by atoms with Crippen LogP contribution in [-0.4, -0.2) is 21.3 Å². The first-order valence-electron chi connectivity index (χ1n) is 10.1. The largest absolute Gasteiger partial charge is 0.349 e. The Morgan fingerprint density at radius 1 is 1.17 bits per heavy atom. The Kier molecular flexibility index (Phi) is 4.59. The molecule has 0 aliphatic heterocycles. The number of fused-ring (bicyclic) bond motifs is 3. The van der Waals surface area contributed by atoms with Gasteiger partial charge < -0.3 is 5.32 Å². The van der Waals surface area contributed by atoms with Crippen LogP contribution in [-0.2, 0) is 0 Å². The van der Waals surface area contributed by atoms with Gasteiger partial charge in [-0.2, -0.15) is 0 Å². The lowest BCUT2D eigenvalue weighted by atomic mass is 9.86. The molecule has 5 rings (SSSR count). The van der Waals surface area contributed by atoms with Crippen molar-refractivity contribution in [3.63, 3.8) is 0 Å². The van der Waals surface area contributed by atoms with Crippen molar-refractivity contribution in [3.05, 3.63) is 60.0 Å². The van der Waals surface area contributed by atoms with Gasteiger partial charge in [0.2, 0.25) is 0 Å². The highest BCUT2D eigenvalue weighted by atomic mass is 32.1. The third-order valence-corrected chi connectivity index (χ3v) is 6.94. The standard InChI is InChI=1S/C23H22FN3OS/c1-14-4-2-3-5-18(14)25-22(28)16-8-11-20-21(12-16)29-23-26-19(13-27(20)23)15-6-9-17(24)10-7-15/h6-14,18H,2-5H2,1H3,(H,25,28). The average molecular weight is 408 g/mol. The number of aromatic nitrogens is 2. The zero-order chi connectivity index (χ0) is 20.0. The molecule has 148 valence electrons. The fourth-order valence-electron chi connectivity index (χ4n) is 4.18. The smallest absolute Gasteiger partial charge is 0.251 e. The van der Waals surface area contributed by atoms with Crippen LogP contribution in [0.5, 0.6) is 0 Å². The summed E-state index contributed by atoms with van der Waals surface area (Å²) in [7, 11) is 0. The summed E-state index contributed by atoms with van der Waals surface area (Å²) in [6.07, 6.45) is 6.66. The maximum Gasteiger partial charge on any atom is 0.251 e. The van der Waals surface area contributed by atoms with Crippen molar-refractivity contribution in [1.29, 1.82) is 0 Å². The normalized spacial score (nSPS) is 19.7. The highest BCUT2D eigenvalue weighted by molar-refractivity contribution is 7.23. The number of hydrogen-bond donors (Lipinski definition) is 1. The highest BCUT2D eigenvalue weighted by Crippen LogP contribution is 2.30. The lowest BCUT2D eigenvalue weighted by Crippen LogP contribution is -2.41. The van der Waals surface area contributed by atoms with Crippen LogP contribution in [0.4, 0.5) is 4.39 Å². The molecule has 29 heavy (non-hydrogen) atoms. The van der Waals surface area contributed by atoms with E-state index in [2.05, 4.69) is 17.2 Å². The molecule has 1 aliphatic rings. The van der Waals surface area contributed by atoms with Crippen LogP contribution in [0.3, 0.4) is 0 Å². The fraction of sp³-hybridized carbons (Fsp3) is 0.304. The van der Waals surface area contributed by atoms with E-state index in [0.717, 1.165) is 32.9 Å². The molecule has 4 aromatic rings. The summed E-state index contributed by atoms with van der Waals surface area (Å²) >= 11 is 1.56. The number of nitrogens with zero attached hydrogens (tertiary/aromatic N) is 2. The zero-order valence-corrected chi connectivity index (χ0v) is 17.0. The van der Waals surface area contributed by atoms with Crippen LogP contribution >= 0.6 is 11.3 Å². The summed E-state index contributed by atoms with van der Waals surface area (Å²) in [5, 5.41) is 3.22. The molecule has 2 aromatic heterocycles. The quantitative estimate of drug-likeness (QED) is 0.476. The van der Waals surface area contributed by atoms with E-state index in [0.29, 0.717) is 11.5 Å². The summed E-state index contributed by atoms with van der Waals surface area (Å²) in [4.78, 5) is 18.3. The SMILES string of the molecule is CC1CCCCC1NC(=O)c1ccc2c(c1)sc1nc(-c3ccc(F)cc3)cn12. The molecule has 1 amide bonds. The minimum absolute atomic E-state index is 0.00342. The fourth-order valence-corrected chi connectivity index (χ4v) is 5.23. The molecule has 4 nitrogen and oxygen atoms in total. The molecule has 2 unspecified atom stereocenters. The van der Waals surface area contributed by atoms with E-state index >= 15 is 0 Å². The lowest BCUT2D eigenvalue weighted by molar-refractivity contribution is 0.0910. The molecular formula is C23H22FN3OS. The Morgan fingerprint density at radius 2 is 1.97 bits per heavy atom. The van der Waals surface area contributed by atoms with Crippen molar-refractivity contribution in [1.82, 2.24) is 14.7 Å². The number of benzene rings is 2. The molecule has 0 bridgehead atoms. The van der Waals surface area contributed by atoms with E-state index in [1.807, 2.05) is 28.8 Å². The molecular weight excluding hydrogens is 385 g/mol. The number of halogens is 1. The predicted molar refractivity (Wildman–Crippen MR) is 115 cm³/mol. The number of imidazole rings is 1. The monoisotopic (exact) mass is 407 g/mol. The Hall–Kier alpha value is -2.73. The Balaban J connectivity index is 1.43. The van der Waals surface area contributed by atoms with Crippen molar-refractivity contribution in [2.45, 2.75) is 38.6 Å². The van der Waals surface area contributed by atoms with Gasteiger partial charge in [-0.05, 0) is 61.2 Å². The minimum Gasteiger partial charge on any atom is -0.349 e. The number of rotatable bonds is 3. The van der Waals surface area contributed by atoms with Crippen molar-refractivity contribution >= 4 is 32.4 Å². The number of carbonyl (C=O) groups excluding carboxylic acids is 1. The molecule has 2 aromatic carbocycles. The van der Waals surface area contributed by atoms with Gasteiger partial charge in [0.25, 0.3) is 5.91 Å². The molecule has 1 saturated carbocycles. The van der Waals surface area contributed by atoms with Gasteiger partial charge in [-0.25, -0.2) is 9.37 Å². The lowest BCUT2D eigenvalue weighted by Gasteiger charge is -2.29. The van der Waals surface area contributed by atoms with Crippen LogP contribution < -0.4 is 5.32 Å². The molecule has 1 fully saturated rings. The number of amides is 1. The van der Waals surface area contributed by atoms with Crippen molar-refractivity contribution in [2.75, 3.05) is 0 Å². The highest BCUT2D eigenvalue weighted by Gasteiger charge is 2.23. The first-order chi connectivity index (χ1) is 14.1. The van der Waals surface area contributed by atoms with Crippen LogP contribution in [0.2, 0.25) is 0 Å². The second-order valence-corrected chi connectivity index (χ2v) is 8.92. The van der Waals surface area contributed by atoms with Crippen molar-refractivity contribution < 1.29 is 9.18 Å². The Labute approximate surface area is 172 Å². The Bertz CT molecular complexity index is 1190. The van der Waals surface area contributed by atoms with Gasteiger partial charge in [0.05, 0.1) is 15.9 Å². The first-order valence-corrected chi connectivity index (χ1v) is 10.9. The van der Waals surface area contributed by atoms with Crippen molar-refractivity contribution in [3.8, 4) is 11.3 Å². The van der Waals surface area contributed by atoms with Crippen molar-refractivity contribution in [2.24, 2.45) is 5.92 Å². The first kappa shape index (κ1) is 18.3. The van der Waals surface area contributed by atoms with Crippen LogP contribution in [0.1, 0.15) is 43.0 Å². The number of nitrogens with one attached hydrogen (secondary N) is 1. The molecule has 2 atom stereocenters. The van der Waals surface area contributed by atoms with Gasteiger partial charge in [-0.1, -0.05) is 31.1 Å². The van der Waals surface area contributed by atoms with E-state index in [-0.39, 0.29) is 17.8 Å². The molecule has 1 aliphatic carbocycles. The molecule has 0 spiro atoms. The molecule has 1 N–H and O–H groups in total. The van der Waals surface area contributed by atoms with Crippen LogP contribution in [0.15, 0.2) is 48.7 Å². The summed E-state index contributed by atoms with van der Waals surface area (Å²) in [6, 6.07) is 12.4. The number of thiazole rings is 1. The zero-order valence-electron chi connectivity index (χ0n) is 16.2. The second-order valence-electron chi connectivity index (χ2n) is 7.91. The van der Waals surface area contributed by atoms with Gasteiger partial charge in [0, 0.05) is 23.4 Å². The van der Waals surface area contributed by atoms with Crippen LogP contribution in [0.25, 0.3) is 26.4 Å². The van der Waals surface area contributed by atoms with Crippen LogP contribution in [0, 0.1) is 11.7 Å². The Morgan fingerprint density at radius 3 is 2.76 bits per heavy atom. The topological polar surface area (TPSA) is 46.4 Å². The maximum absolute atomic E-state index is 13.2. The maximum atomic E-state index is 13.2. The van der Waals surface area contributed by atoms with E-state index in [4.69, 9.17) is 0 Å². The van der Waals surface area contributed by atoms with Gasteiger partial charge in [0.15, 0.2) is 4.96 Å². The second kappa shape index (κ2) is 7.26. The van der Waals surface area contributed by atoms with Gasteiger partial charge in [-0.15, -0.1) is 0 Å². The molecule has 2 heterocycles. The summed E-state index contributed by atoms with van der Waals surface area (Å²) in [5.41, 5.74) is 3.41. The van der Waals surface area contributed by atoms with Gasteiger partial charge in [0.1, 0.15) is 5.82 Å². The number of carbonyl (C=O) groups is 1. The van der Waals surface area contributed by atoms with Gasteiger partial charge >= 0.3 is 0 Å². The third-order valence-electron chi connectivity index (χ3n) is 5.92. The third kappa shape index (κ3) is 3.42. The molecule has 6 heteroatoms.